The summed E-state index contributed by atoms with van der Waals surface area (Å²) in [5.74, 6) is -3.39. The summed E-state index contributed by atoms with van der Waals surface area (Å²) >= 11 is 0. The summed E-state index contributed by atoms with van der Waals surface area (Å²) in [5.41, 5.74) is 2.25. The number of fused-ring (bicyclic) bond motifs is 4. The molecular weight excluding hydrogens is 518 g/mol. The van der Waals surface area contributed by atoms with Crippen LogP contribution in [0.4, 0.5) is 14.5 Å². The zero-order chi connectivity index (χ0) is 28.1. The van der Waals surface area contributed by atoms with E-state index in [0.29, 0.717) is 61.2 Å². The molecule has 7 rings (SSSR count). The quantitative estimate of drug-likeness (QED) is 0.453. The topological polar surface area (TPSA) is 139 Å². The molecule has 10 nitrogen and oxygen atoms in total. The maximum Gasteiger partial charge on any atom is 0.282 e. The Balaban J connectivity index is 1.28. The summed E-state index contributed by atoms with van der Waals surface area (Å²) in [4.78, 5) is 31.9. The minimum atomic E-state index is -2.79. The summed E-state index contributed by atoms with van der Waals surface area (Å²) in [5, 5.41) is 28.7. The molecule has 4 heterocycles. The fourth-order valence-corrected chi connectivity index (χ4v) is 6.32. The van der Waals surface area contributed by atoms with Crippen molar-refractivity contribution < 1.29 is 18.4 Å². The molecule has 4 aliphatic rings. The van der Waals surface area contributed by atoms with Crippen molar-refractivity contribution in [2.24, 2.45) is 5.41 Å². The first-order valence-corrected chi connectivity index (χ1v) is 13.2. The number of rotatable bonds is 6. The van der Waals surface area contributed by atoms with Crippen LogP contribution in [0.15, 0.2) is 36.7 Å². The van der Waals surface area contributed by atoms with Gasteiger partial charge in [-0.05, 0) is 62.8 Å². The van der Waals surface area contributed by atoms with Crippen molar-refractivity contribution in [2.75, 3.05) is 25.0 Å². The molecule has 204 valence electrons. The molecule has 0 aromatic carbocycles. The number of likely N-dealkylation sites (tertiary alicyclic amines) is 1. The number of carbonyl (C=O) groups excluding carboxylic acids is 2. The second kappa shape index (κ2) is 9.26. The van der Waals surface area contributed by atoms with Gasteiger partial charge in [0, 0.05) is 17.2 Å². The lowest BCUT2D eigenvalue weighted by molar-refractivity contribution is -0.180. The maximum absolute atomic E-state index is 13.4. The van der Waals surface area contributed by atoms with Gasteiger partial charge in [-0.1, -0.05) is 0 Å². The van der Waals surface area contributed by atoms with Crippen LogP contribution in [0, 0.1) is 28.1 Å². The number of hydrogen-bond acceptors (Lipinski definition) is 7. The number of nitriles is 2. The Hall–Kier alpha value is -4.58. The fraction of sp³-hybridized carbons (Fsp3) is 0.429. The highest BCUT2D eigenvalue weighted by atomic mass is 19.3. The van der Waals surface area contributed by atoms with E-state index in [2.05, 4.69) is 26.8 Å². The summed E-state index contributed by atoms with van der Waals surface area (Å²) in [6.07, 6.45) is 6.67. The molecule has 4 fully saturated rings. The first-order valence-electron chi connectivity index (χ1n) is 13.2. The van der Waals surface area contributed by atoms with Crippen LogP contribution in [-0.2, 0) is 4.79 Å². The van der Waals surface area contributed by atoms with E-state index in [1.165, 1.54) is 17.3 Å². The Morgan fingerprint density at radius 2 is 1.75 bits per heavy atom. The van der Waals surface area contributed by atoms with Crippen molar-refractivity contribution in [1.82, 2.24) is 24.8 Å². The first-order chi connectivity index (χ1) is 19.2. The molecule has 2 bridgehead atoms. The van der Waals surface area contributed by atoms with E-state index >= 15 is 0 Å². The van der Waals surface area contributed by atoms with Gasteiger partial charge < -0.3 is 15.5 Å². The lowest BCUT2D eigenvalue weighted by atomic mass is 9.56. The third kappa shape index (κ3) is 4.30. The van der Waals surface area contributed by atoms with Gasteiger partial charge in [-0.3, -0.25) is 14.6 Å². The molecule has 3 saturated carbocycles. The number of nitrogens with one attached hydrogen (secondary N) is 2. The third-order valence-corrected chi connectivity index (χ3v) is 8.60. The molecule has 0 unspecified atom stereocenters. The van der Waals surface area contributed by atoms with Crippen molar-refractivity contribution >= 4 is 23.0 Å². The van der Waals surface area contributed by atoms with E-state index in [-0.39, 0.29) is 23.6 Å². The number of nitrogens with zero attached hydrogens (tertiary/aromatic N) is 6. The van der Waals surface area contributed by atoms with Crippen LogP contribution >= 0.6 is 0 Å². The third-order valence-electron chi connectivity index (χ3n) is 8.60. The number of hydrogen-bond donors (Lipinski definition) is 2. The standard InChI is InChI=1S/C28H26F2N8O2/c29-28(30)16-37(17-28)25(40)26-3-6-27(7-4-26,8-5-26)36-21-12-22(34-15-20(21)24(39)33-10-9-31)23-2-1-19-11-18(13-32)14-35-38(19)23/h1-2,11-12,14-15H,3-8,10,16-17H2,(H,33,39)(H,34,36). The van der Waals surface area contributed by atoms with Gasteiger partial charge in [0.25, 0.3) is 11.8 Å². The molecule has 3 aromatic heterocycles. The van der Waals surface area contributed by atoms with E-state index in [0.717, 1.165) is 5.52 Å². The molecule has 0 atom stereocenters. The van der Waals surface area contributed by atoms with E-state index in [9.17, 15) is 23.6 Å². The fourth-order valence-electron chi connectivity index (χ4n) is 6.32. The van der Waals surface area contributed by atoms with Gasteiger partial charge in [-0.2, -0.15) is 15.6 Å². The monoisotopic (exact) mass is 544 g/mol. The molecule has 1 aliphatic heterocycles. The summed E-state index contributed by atoms with van der Waals surface area (Å²) < 4.78 is 28.5. The van der Waals surface area contributed by atoms with Crippen molar-refractivity contribution in [3.8, 4) is 23.5 Å². The highest BCUT2D eigenvalue weighted by molar-refractivity contribution is 6.00. The summed E-state index contributed by atoms with van der Waals surface area (Å²) in [7, 11) is 0. The Bertz CT molecular complexity index is 1590. The number of carbonyl (C=O) groups is 2. The molecule has 0 spiro atoms. The van der Waals surface area contributed by atoms with Crippen molar-refractivity contribution in [2.45, 2.75) is 50.0 Å². The van der Waals surface area contributed by atoms with Crippen LogP contribution in [0.5, 0.6) is 0 Å². The average Bonchev–Trinajstić information content (AvgIpc) is 3.38. The molecule has 12 heteroatoms. The van der Waals surface area contributed by atoms with Gasteiger partial charge in [0.2, 0.25) is 5.91 Å². The number of pyridine rings is 1. The van der Waals surface area contributed by atoms with Crippen molar-refractivity contribution in [3.63, 3.8) is 0 Å². The molecular formula is C28H26F2N8O2. The predicted molar refractivity (Wildman–Crippen MR) is 139 cm³/mol. The summed E-state index contributed by atoms with van der Waals surface area (Å²) in [6, 6.07) is 11.1. The predicted octanol–water partition coefficient (Wildman–Crippen LogP) is 3.50. The van der Waals surface area contributed by atoms with E-state index in [1.54, 1.807) is 16.6 Å². The van der Waals surface area contributed by atoms with Crippen molar-refractivity contribution in [1.29, 1.82) is 10.5 Å². The highest BCUT2D eigenvalue weighted by Gasteiger charge is 2.57. The van der Waals surface area contributed by atoms with Gasteiger partial charge in [-0.25, -0.2) is 13.3 Å². The van der Waals surface area contributed by atoms with Crippen LogP contribution < -0.4 is 10.6 Å². The zero-order valence-electron chi connectivity index (χ0n) is 21.6. The molecule has 3 aromatic rings. The highest BCUT2D eigenvalue weighted by Crippen LogP contribution is 2.55. The molecule has 2 N–H and O–H groups in total. The lowest BCUT2D eigenvalue weighted by Gasteiger charge is -2.55. The lowest BCUT2D eigenvalue weighted by Crippen LogP contribution is -2.64. The van der Waals surface area contributed by atoms with Gasteiger partial charge >= 0.3 is 0 Å². The molecule has 1 saturated heterocycles. The van der Waals surface area contributed by atoms with Gasteiger partial charge in [-0.15, -0.1) is 0 Å². The second-order valence-corrected chi connectivity index (χ2v) is 11.1. The number of amides is 2. The van der Waals surface area contributed by atoms with Crippen LogP contribution in [0.1, 0.15) is 54.4 Å². The minimum Gasteiger partial charge on any atom is -0.379 e. The molecule has 3 aliphatic carbocycles. The molecule has 40 heavy (non-hydrogen) atoms. The van der Waals surface area contributed by atoms with Crippen molar-refractivity contribution in [3.05, 3.63) is 47.8 Å². The summed E-state index contributed by atoms with van der Waals surface area (Å²) in [6.45, 7) is -1.15. The molecule has 0 radical (unpaired) electrons. The molecule has 2 amide bonds. The Morgan fingerprint density at radius 3 is 2.40 bits per heavy atom. The number of halogens is 2. The first kappa shape index (κ1) is 25.7. The van der Waals surface area contributed by atoms with E-state index in [1.807, 2.05) is 18.2 Å². The Labute approximate surface area is 228 Å². The average molecular weight is 545 g/mol. The van der Waals surface area contributed by atoms with Crippen LogP contribution in [-0.4, -0.2) is 62.4 Å². The number of aromatic nitrogens is 3. The number of anilines is 1. The minimum absolute atomic E-state index is 0.153. The Morgan fingerprint density at radius 1 is 1.02 bits per heavy atom. The van der Waals surface area contributed by atoms with Crippen LogP contribution in [0.2, 0.25) is 0 Å². The normalized spacial score (nSPS) is 24.6. The second-order valence-electron chi connectivity index (χ2n) is 11.1. The number of alkyl halides is 2. The van der Waals surface area contributed by atoms with E-state index in [4.69, 9.17) is 5.26 Å². The van der Waals surface area contributed by atoms with E-state index < -0.39 is 30.3 Å². The van der Waals surface area contributed by atoms with Gasteiger partial charge in [0.15, 0.2) is 0 Å². The maximum atomic E-state index is 13.4. The van der Waals surface area contributed by atoms with Gasteiger partial charge in [0.05, 0.1) is 59.1 Å². The van der Waals surface area contributed by atoms with Gasteiger partial charge in [0.1, 0.15) is 12.6 Å². The SMILES string of the molecule is N#CCNC(=O)c1cnc(-c2ccc3cc(C#N)cnn23)cc1NC12CCC(C(=O)N3CC(F)(F)C3)(CC1)CC2. The largest absolute Gasteiger partial charge is 0.379 e. The smallest absolute Gasteiger partial charge is 0.282 e. The Kier molecular flexibility index (Phi) is 5.95. The zero-order valence-corrected chi connectivity index (χ0v) is 21.6. The van der Waals surface area contributed by atoms with Crippen LogP contribution in [0.3, 0.4) is 0 Å². The van der Waals surface area contributed by atoms with Crippen LogP contribution in [0.25, 0.3) is 16.9 Å².